The molecule has 8 nitrogen and oxygen atoms in total. The van der Waals surface area contributed by atoms with Gasteiger partial charge >= 0.3 is 6.03 Å². The third-order valence-corrected chi connectivity index (χ3v) is 5.75. The van der Waals surface area contributed by atoms with Crippen LogP contribution in [-0.4, -0.2) is 73.5 Å². The van der Waals surface area contributed by atoms with E-state index in [4.69, 9.17) is 9.84 Å². The minimum atomic E-state index is -0.377. The number of morpholine rings is 1. The average molecular weight is 437 g/mol. The summed E-state index contributed by atoms with van der Waals surface area (Å²) in [7, 11) is 0. The van der Waals surface area contributed by atoms with Gasteiger partial charge in [-0.05, 0) is 51.3 Å². The summed E-state index contributed by atoms with van der Waals surface area (Å²) >= 11 is 0. The van der Waals surface area contributed by atoms with Gasteiger partial charge in [0.25, 0.3) is 0 Å². The Balaban J connectivity index is 1.51. The number of piperidine rings is 1. The van der Waals surface area contributed by atoms with Crippen LogP contribution in [0.3, 0.4) is 0 Å². The summed E-state index contributed by atoms with van der Waals surface area (Å²) in [5.74, 6) is -0.534. The van der Waals surface area contributed by atoms with Gasteiger partial charge in [-0.1, -0.05) is 0 Å². The minimum absolute atomic E-state index is 0.0297. The van der Waals surface area contributed by atoms with Crippen molar-refractivity contribution in [3.05, 3.63) is 24.0 Å². The highest BCUT2D eigenvalue weighted by molar-refractivity contribution is 5.90. The SMILES string of the molecule is C[C@@H]1CN(c2ccc(NC(=O)N3CCC(C(=O)NCCCO)CC3)cc2F)C[C@H](C)O1. The first kappa shape index (κ1) is 23.3. The number of hydrogen-bond donors (Lipinski definition) is 3. The van der Waals surface area contributed by atoms with Crippen molar-refractivity contribution >= 4 is 23.3 Å². The zero-order valence-corrected chi connectivity index (χ0v) is 18.3. The Labute approximate surface area is 182 Å². The maximum Gasteiger partial charge on any atom is 0.321 e. The molecule has 0 radical (unpaired) electrons. The molecule has 31 heavy (non-hydrogen) atoms. The Bertz CT molecular complexity index is 760. The van der Waals surface area contributed by atoms with E-state index >= 15 is 0 Å². The number of urea groups is 1. The van der Waals surface area contributed by atoms with Gasteiger partial charge in [-0.3, -0.25) is 4.79 Å². The number of amides is 3. The number of likely N-dealkylation sites (tertiary alicyclic amines) is 1. The van der Waals surface area contributed by atoms with Gasteiger partial charge in [0, 0.05) is 50.9 Å². The van der Waals surface area contributed by atoms with E-state index in [1.165, 1.54) is 6.07 Å². The first-order chi connectivity index (χ1) is 14.9. The predicted molar refractivity (Wildman–Crippen MR) is 117 cm³/mol. The number of aliphatic hydroxyl groups excluding tert-OH is 1. The molecule has 0 aromatic heterocycles. The lowest BCUT2D eigenvalue weighted by molar-refractivity contribution is -0.126. The number of rotatable bonds is 6. The molecule has 2 aliphatic heterocycles. The summed E-state index contributed by atoms with van der Waals surface area (Å²) in [4.78, 5) is 28.3. The molecule has 9 heteroatoms. The number of hydrogen-bond acceptors (Lipinski definition) is 5. The summed E-state index contributed by atoms with van der Waals surface area (Å²) in [5.41, 5.74) is 0.914. The van der Waals surface area contributed by atoms with Crippen molar-refractivity contribution in [1.29, 1.82) is 0 Å². The van der Waals surface area contributed by atoms with Gasteiger partial charge in [-0.25, -0.2) is 9.18 Å². The Kier molecular flexibility index (Phi) is 8.09. The van der Waals surface area contributed by atoms with Gasteiger partial charge in [-0.15, -0.1) is 0 Å². The number of nitrogens with zero attached hydrogens (tertiary/aromatic N) is 2. The van der Waals surface area contributed by atoms with Crippen molar-refractivity contribution in [1.82, 2.24) is 10.2 Å². The van der Waals surface area contributed by atoms with Crippen molar-refractivity contribution in [3.63, 3.8) is 0 Å². The number of carbonyl (C=O) groups is 2. The van der Waals surface area contributed by atoms with Crippen LogP contribution in [-0.2, 0) is 9.53 Å². The summed E-state index contributed by atoms with van der Waals surface area (Å²) in [5, 5.41) is 14.4. The number of benzene rings is 1. The molecule has 3 amide bonds. The van der Waals surface area contributed by atoms with Crippen LogP contribution in [0, 0.1) is 11.7 Å². The molecule has 1 aromatic carbocycles. The van der Waals surface area contributed by atoms with Crippen LogP contribution in [0.4, 0.5) is 20.6 Å². The van der Waals surface area contributed by atoms with E-state index in [-0.39, 0.29) is 42.5 Å². The summed E-state index contributed by atoms with van der Waals surface area (Å²) in [6.07, 6.45) is 1.76. The third-order valence-electron chi connectivity index (χ3n) is 5.75. The van der Waals surface area contributed by atoms with E-state index in [0.717, 1.165) is 0 Å². The molecule has 2 aliphatic rings. The molecule has 2 saturated heterocycles. The highest BCUT2D eigenvalue weighted by Crippen LogP contribution is 2.26. The Hall–Kier alpha value is -2.39. The van der Waals surface area contributed by atoms with Crippen molar-refractivity contribution in [2.24, 2.45) is 5.92 Å². The van der Waals surface area contributed by atoms with E-state index in [9.17, 15) is 14.0 Å². The zero-order valence-electron chi connectivity index (χ0n) is 18.3. The predicted octanol–water partition coefficient (Wildman–Crippen LogP) is 2.18. The number of halogens is 1. The fourth-order valence-electron chi connectivity index (χ4n) is 4.20. The van der Waals surface area contributed by atoms with Crippen LogP contribution >= 0.6 is 0 Å². The Morgan fingerprint density at radius 2 is 1.87 bits per heavy atom. The van der Waals surface area contributed by atoms with Crippen LogP contribution in [0.5, 0.6) is 0 Å². The van der Waals surface area contributed by atoms with Gasteiger partial charge < -0.3 is 30.3 Å². The van der Waals surface area contributed by atoms with Crippen LogP contribution in [0.2, 0.25) is 0 Å². The normalized spacial score (nSPS) is 22.3. The van der Waals surface area contributed by atoms with Gasteiger partial charge in [-0.2, -0.15) is 0 Å². The molecular weight excluding hydrogens is 403 g/mol. The lowest BCUT2D eigenvalue weighted by Gasteiger charge is -2.37. The average Bonchev–Trinajstić information content (AvgIpc) is 2.73. The highest BCUT2D eigenvalue weighted by atomic mass is 19.1. The molecule has 172 valence electrons. The molecule has 1 aromatic rings. The second-order valence-electron chi connectivity index (χ2n) is 8.39. The standard InChI is InChI=1S/C22H33FN4O4/c1-15-13-27(14-16(2)31-15)20-5-4-18(12-19(20)23)25-22(30)26-9-6-17(7-10-26)21(29)24-8-3-11-28/h4-5,12,15-17,28H,3,6-11,13-14H2,1-2H3,(H,24,29)(H,25,30)/t15-,16+. The fraction of sp³-hybridized carbons (Fsp3) is 0.636. The Morgan fingerprint density at radius 1 is 1.19 bits per heavy atom. The fourth-order valence-corrected chi connectivity index (χ4v) is 4.20. The second-order valence-corrected chi connectivity index (χ2v) is 8.39. The van der Waals surface area contributed by atoms with E-state index in [1.807, 2.05) is 18.7 Å². The van der Waals surface area contributed by atoms with Crippen molar-refractivity contribution in [2.75, 3.05) is 49.5 Å². The molecule has 2 heterocycles. The maximum absolute atomic E-state index is 14.7. The molecule has 0 aliphatic carbocycles. The van der Waals surface area contributed by atoms with Gasteiger partial charge in [0.2, 0.25) is 5.91 Å². The topological polar surface area (TPSA) is 94.1 Å². The van der Waals surface area contributed by atoms with Crippen LogP contribution in [0.15, 0.2) is 18.2 Å². The van der Waals surface area contributed by atoms with Crippen molar-refractivity contribution < 1.29 is 23.8 Å². The number of aliphatic hydroxyl groups is 1. The summed E-state index contributed by atoms with van der Waals surface area (Å²) in [6, 6.07) is 4.46. The van der Waals surface area contributed by atoms with Gasteiger partial charge in [0.15, 0.2) is 0 Å². The minimum Gasteiger partial charge on any atom is -0.396 e. The van der Waals surface area contributed by atoms with E-state index in [0.29, 0.717) is 63.4 Å². The number of nitrogens with one attached hydrogen (secondary N) is 2. The Morgan fingerprint density at radius 3 is 2.48 bits per heavy atom. The van der Waals surface area contributed by atoms with E-state index in [1.54, 1.807) is 17.0 Å². The highest BCUT2D eigenvalue weighted by Gasteiger charge is 2.28. The second kappa shape index (κ2) is 10.8. The van der Waals surface area contributed by atoms with Gasteiger partial charge in [0.05, 0.1) is 17.9 Å². The molecule has 3 rings (SSSR count). The maximum atomic E-state index is 14.7. The van der Waals surface area contributed by atoms with Crippen molar-refractivity contribution in [2.45, 2.75) is 45.3 Å². The molecule has 2 atom stereocenters. The van der Waals surface area contributed by atoms with Gasteiger partial charge in [0.1, 0.15) is 5.82 Å². The lowest BCUT2D eigenvalue weighted by atomic mass is 9.96. The molecule has 0 bridgehead atoms. The molecule has 0 saturated carbocycles. The van der Waals surface area contributed by atoms with Crippen molar-refractivity contribution in [3.8, 4) is 0 Å². The van der Waals surface area contributed by atoms with Crippen LogP contribution in [0.25, 0.3) is 0 Å². The smallest absolute Gasteiger partial charge is 0.321 e. The molecule has 3 N–H and O–H groups in total. The molecule has 0 unspecified atom stereocenters. The largest absolute Gasteiger partial charge is 0.396 e. The lowest BCUT2D eigenvalue weighted by Crippen LogP contribution is -2.46. The van der Waals surface area contributed by atoms with E-state index in [2.05, 4.69) is 10.6 Å². The number of ether oxygens (including phenoxy) is 1. The monoisotopic (exact) mass is 436 g/mol. The quantitative estimate of drug-likeness (QED) is 0.595. The number of carbonyl (C=O) groups excluding carboxylic acids is 2. The zero-order chi connectivity index (χ0) is 22.4. The van der Waals surface area contributed by atoms with Crippen LogP contribution < -0.4 is 15.5 Å². The third kappa shape index (κ3) is 6.30. The first-order valence-electron chi connectivity index (χ1n) is 11.0. The first-order valence-corrected chi connectivity index (χ1v) is 11.0. The summed E-state index contributed by atoms with van der Waals surface area (Å²) in [6.45, 7) is 6.62. The number of anilines is 2. The molecule has 0 spiro atoms. The van der Waals surface area contributed by atoms with Crippen LogP contribution in [0.1, 0.15) is 33.1 Å². The summed E-state index contributed by atoms with van der Waals surface area (Å²) < 4.78 is 20.4. The van der Waals surface area contributed by atoms with E-state index < -0.39 is 0 Å². The molecule has 2 fully saturated rings. The molecular formula is C22H33FN4O4.